The third-order valence-electron chi connectivity index (χ3n) is 6.34. The van der Waals surface area contributed by atoms with Crippen LogP contribution in [0.4, 0.5) is 26.3 Å². The van der Waals surface area contributed by atoms with Crippen LogP contribution in [-0.2, 0) is 27.1 Å². The number of rotatable bonds is 9. The molecule has 0 spiro atoms. The van der Waals surface area contributed by atoms with Gasteiger partial charge in [0.05, 0.1) is 12.3 Å². The monoisotopic (exact) mass is 608 g/mol. The molecular formula is C26H30F6N4O4S. The molecule has 2 N–H and O–H groups in total. The molecule has 1 fully saturated rings. The van der Waals surface area contributed by atoms with Crippen LogP contribution in [0.5, 0.6) is 5.75 Å². The Morgan fingerprint density at radius 1 is 1.15 bits per heavy atom. The average Bonchev–Trinajstić information content (AvgIpc) is 3.32. The van der Waals surface area contributed by atoms with Gasteiger partial charge in [-0.3, -0.25) is 19.0 Å². The second-order valence-corrected chi connectivity index (χ2v) is 10.7. The van der Waals surface area contributed by atoms with E-state index in [0.717, 1.165) is 19.3 Å². The van der Waals surface area contributed by atoms with Crippen molar-refractivity contribution < 1.29 is 44.9 Å². The zero-order valence-electron chi connectivity index (χ0n) is 22.1. The van der Waals surface area contributed by atoms with Gasteiger partial charge in [0.2, 0.25) is 0 Å². The summed E-state index contributed by atoms with van der Waals surface area (Å²) in [6, 6.07) is 8.19. The summed E-state index contributed by atoms with van der Waals surface area (Å²) >= 11 is 0. The number of hydrogen-bond donors (Lipinski definition) is 2. The highest BCUT2D eigenvalue weighted by Crippen LogP contribution is 2.34. The van der Waals surface area contributed by atoms with Crippen LogP contribution in [-0.4, -0.2) is 57.1 Å². The van der Waals surface area contributed by atoms with E-state index in [4.69, 9.17) is 4.74 Å². The molecule has 1 aromatic heterocycles. The van der Waals surface area contributed by atoms with Crippen LogP contribution < -0.4 is 14.8 Å². The van der Waals surface area contributed by atoms with Gasteiger partial charge in [0, 0.05) is 37.4 Å². The van der Waals surface area contributed by atoms with Crippen molar-refractivity contribution >= 4 is 28.4 Å². The number of nitrogens with zero attached hydrogens (tertiary/aromatic N) is 2. The second-order valence-electron chi connectivity index (χ2n) is 9.61. The van der Waals surface area contributed by atoms with Crippen molar-refractivity contribution in [2.45, 2.75) is 63.5 Å². The first-order valence-electron chi connectivity index (χ1n) is 12.8. The largest absolute Gasteiger partial charge is 0.494 e. The number of carbonyl (C=O) groups is 2. The van der Waals surface area contributed by atoms with Crippen molar-refractivity contribution in [1.29, 1.82) is 0 Å². The molecule has 41 heavy (non-hydrogen) atoms. The molecule has 4 rings (SSSR count). The molecule has 0 bridgehead atoms. The first kappa shape index (κ1) is 32.2. The molecule has 1 saturated carbocycles. The Morgan fingerprint density at radius 3 is 2.39 bits per heavy atom. The Bertz CT molecular complexity index is 1240. The van der Waals surface area contributed by atoms with Crippen molar-refractivity contribution in [1.82, 2.24) is 19.8 Å². The van der Waals surface area contributed by atoms with Gasteiger partial charge in [0.15, 0.2) is 0 Å². The van der Waals surface area contributed by atoms with Gasteiger partial charge in [0.1, 0.15) is 28.4 Å². The zero-order chi connectivity index (χ0) is 30.2. The van der Waals surface area contributed by atoms with Gasteiger partial charge in [0.25, 0.3) is 11.8 Å². The van der Waals surface area contributed by atoms with Crippen molar-refractivity contribution in [3.8, 4) is 5.75 Å². The van der Waals surface area contributed by atoms with Gasteiger partial charge < -0.3 is 10.1 Å². The van der Waals surface area contributed by atoms with E-state index in [0.29, 0.717) is 18.2 Å². The molecule has 226 valence electrons. The van der Waals surface area contributed by atoms with Gasteiger partial charge in [-0.05, 0) is 43.4 Å². The van der Waals surface area contributed by atoms with Crippen molar-refractivity contribution in [3.63, 3.8) is 0 Å². The molecule has 0 saturated heterocycles. The number of para-hydroxylation sites is 1. The summed E-state index contributed by atoms with van der Waals surface area (Å²) in [6.45, 7) is 0.742. The van der Waals surface area contributed by atoms with E-state index in [9.17, 15) is 40.1 Å². The second kappa shape index (κ2) is 14.0. The molecule has 15 heteroatoms. The molecule has 2 aliphatic rings. The fourth-order valence-electron chi connectivity index (χ4n) is 4.12. The molecule has 1 aromatic carbocycles. The maximum absolute atomic E-state index is 13.2. The number of benzene rings is 1. The summed E-state index contributed by atoms with van der Waals surface area (Å²) in [6.07, 6.45) is -4.04. The van der Waals surface area contributed by atoms with Crippen LogP contribution in [0, 0.1) is 5.92 Å². The van der Waals surface area contributed by atoms with E-state index in [2.05, 4.69) is 9.82 Å². The van der Waals surface area contributed by atoms with E-state index in [1.54, 1.807) is 40.5 Å². The fourth-order valence-corrected chi connectivity index (χ4v) is 4.48. The highest BCUT2D eigenvalue weighted by Gasteiger charge is 2.46. The van der Waals surface area contributed by atoms with Crippen LogP contribution in [0.15, 0.2) is 48.2 Å². The van der Waals surface area contributed by atoms with Crippen molar-refractivity contribution in [3.05, 3.63) is 53.9 Å². The average molecular weight is 609 g/mol. The predicted octanol–water partition coefficient (Wildman–Crippen LogP) is 4.71. The van der Waals surface area contributed by atoms with Crippen molar-refractivity contribution in [2.75, 3.05) is 12.9 Å². The molecule has 1 aliphatic heterocycles. The number of carbonyl (C=O) groups excluding carboxylic acids is 2. The fraction of sp³-hybridized carbons (Fsp3) is 0.500. The number of hydrogen-bond acceptors (Lipinski definition) is 5. The number of alkyl halides is 6. The summed E-state index contributed by atoms with van der Waals surface area (Å²) in [5.74, 6) is -1.06. The Hall–Kier alpha value is -3.36. The lowest BCUT2D eigenvalue weighted by molar-refractivity contribution is -0.161. The molecule has 0 radical (unpaired) electrons. The molecule has 2 amide bonds. The van der Waals surface area contributed by atoms with Crippen LogP contribution >= 0.6 is 0 Å². The molecule has 2 aromatic rings. The minimum atomic E-state index is -4.66. The van der Waals surface area contributed by atoms with Crippen LogP contribution in [0.25, 0.3) is 5.57 Å². The van der Waals surface area contributed by atoms with E-state index in [-0.39, 0.29) is 24.3 Å². The van der Waals surface area contributed by atoms with Crippen LogP contribution in [0.2, 0.25) is 0 Å². The third-order valence-corrected chi connectivity index (χ3v) is 6.81. The first-order chi connectivity index (χ1) is 19.2. The smallest absolute Gasteiger partial charge is 0.408 e. The Kier molecular flexibility index (Phi) is 11.0. The normalized spacial score (nSPS) is 18.5. The highest BCUT2D eigenvalue weighted by molar-refractivity contribution is 7.82. The summed E-state index contributed by atoms with van der Waals surface area (Å²) in [4.78, 5) is 24.5. The van der Waals surface area contributed by atoms with Crippen molar-refractivity contribution in [2.24, 2.45) is 5.92 Å². The first-order valence-corrected chi connectivity index (χ1v) is 14.3. The highest BCUT2D eigenvalue weighted by atomic mass is 32.2. The van der Waals surface area contributed by atoms with Gasteiger partial charge >= 0.3 is 12.4 Å². The summed E-state index contributed by atoms with van der Waals surface area (Å²) < 4.78 is 94.7. The number of aromatic nitrogens is 2. The molecular weight excluding hydrogens is 578 g/mol. The third kappa shape index (κ3) is 10.2. The molecule has 8 nitrogen and oxygen atoms in total. The van der Waals surface area contributed by atoms with Gasteiger partial charge in [-0.15, -0.1) is 0 Å². The lowest BCUT2D eigenvalue weighted by Gasteiger charge is -2.28. The lowest BCUT2D eigenvalue weighted by atomic mass is 9.85. The van der Waals surface area contributed by atoms with E-state index in [1.165, 1.54) is 12.3 Å². The molecule has 2 heterocycles. The minimum Gasteiger partial charge on any atom is -0.494 e. The van der Waals surface area contributed by atoms with Gasteiger partial charge in [-0.1, -0.05) is 24.6 Å². The van der Waals surface area contributed by atoms with E-state index in [1.807, 2.05) is 6.07 Å². The van der Waals surface area contributed by atoms with Gasteiger partial charge in [-0.2, -0.15) is 31.4 Å². The Morgan fingerprint density at radius 2 is 1.83 bits per heavy atom. The number of ether oxygens (including phenoxy) is 1. The standard InChI is InChI=1S/C16H19F3N4O3S.C10H11F3O/c1-27(26)22-15(25)13-10(7-12(16(17,18)19)20-14(13)24)11-5-6-23(21-11)8-9-3-2-4-9;11-10(12,13)7-4-8-14-9-5-2-1-3-6-9/h5-6,9,12H,2-4,7-8H2,1H3,(H,20,24)(H,22,25);1-3,5-6H,4,7-8H2. The molecule has 1 aliphatic carbocycles. The molecule has 2 atom stereocenters. The quantitative estimate of drug-likeness (QED) is 0.244. The van der Waals surface area contributed by atoms with E-state index >= 15 is 0 Å². The number of halogens is 6. The summed E-state index contributed by atoms with van der Waals surface area (Å²) in [7, 11) is -1.77. The van der Waals surface area contributed by atoms with Gasteiger partial charge in [-0.25, -0.2) is 4.21 Å². The number of amides is 2. The number of nitrogens with one attached hydrogen (secondary N) is 2. The maximum Gasteiger partial charge on any atom is 0.408 e. The summed E-state index contributed by atoms with van der Waals surface area (Å²) in [5, 5.41) is 6.08. The molecule has 2 unspecified atom stereocenters. The van der Waals surface area contributed by atoms with Crippen LogP contribution in [0.1, 0.15) is 44.2 Å². The topological polar surface area (TPSA) is 102 Å². The Balaban J connectivity index is 0.000000278. The predicted molar refractivity (Wildman–Crippen MR) is 139 cm³/mol. The lowest BCUT2D eigenvalue weighted by Crippen LogP contribution is -2.51. The van der Waals surface area contributed by atoms with Crippen LogP contribution in [0.3, 0.4) is 0 Å². The maximum atomic E-state index is 13.2. The SMILES string of the molecule is CS(=O)NC(=O)C1=C(c2ccn(CC3CCC3)n2)CC(C(F)(F)F)NC1=O.FC(F)(F)CCCOc1ccccc1. The Labute approximate surface area is 235 Å². The summed E-state index contributed by atoms with van der Waals surface area (Å²) in [5.41, 5.74) is -0.443. The van der Waals surface area contributed by atoms with E-state index < -0.39 is 59.6 Å². The zero-order valence-corrected chi connectivity index (χ0v) is 22.9. The minimum absolute atomic E-state index is 0.00159.